The fourth-order valence-electron chi connectivity index (χ4n) is 3.95. The largest absolute Gasteiger partial charge is 0.298 e. The summed E-state index contributed by atoms with van der Waals surface area (Å²) in [6.45, 7) is 1.40. The molecule has 0 fully saturated rings. The van der Waals surface area contributed by atoms with Gasteiger partial charge in [-0.05, 0) is 36.2 Å². The van der Waals surface area contributed by atoms with Gasteiger partial charge in [-0.1, -0.05) is 30.3 Å². The number of para-hydroxylation sites is 1. The third-order valence-corrected chi connectivity index (χ3v) is 7.15. The third-order valence-electron chi connectivity index (χ3n) is 5.29. The molecule has 0 bridgehead atoms. The molecule has 0 saturated carbocycles. The molecular formula is C18H19N3O4S. The molecule has 1 atom stereocenters. The molecule has 1 unspecified atom stereocenters. The average molecular weight is 373 g/mol. The molecule has 0 N–H and O–H groups in total. The van der Waals surface area contributed by atoms with E-state index in [1.807, 2.05) is 19.2 Å². The quantitative estimate of drug-likeness (QED) is 0.609. The number of rotatable bonds is 3. The normalized spacial score (nSPS) is 20.6. The number of nitro benzene ring substituents is 1. The van der Waals surface area contributed by atoms with Crippen LogP contribution in [0.3, 0.4) is 0 Å². The van der Waals surface area contributed by atoms with Crippen molar-refractivity contribution in [2.75, 3.05) is 20.1 Å². The van der Waals surface area contributed by atoms with Crippen molar-refractivity contribution >= 4 is 15.7 Å². The van der Waals surface area contributed by atoms with Gasteiger partial charge in [0.25, 0.3) is 5.69 Å². The summed E-state index contributed by atoms with van der Waals surface area (Å²) in [7, 11) is -1.98. The van der Waals surface area contributed by atoms with Crippen LogP contribution in [-0.4, -0.2) is 42.7 Å². The average Bonchev–Trinajstić information content (AvgIpc) is 2.64. The Balaban J connectivity index is 1.79. The van der Waals surface area contributed by atoms with E-state index >= 15 is 0 Å². The molecular weight excluding hydrogens is 354 g/mol. The van der Waals surface area contributed by atoms with E-state index in [2.05, 4.69) is 11.0 Å². The zero-order valence-electron chi connectivity index (χ0n) is 14.3. The molecule has 2 heterocycles. The second kappa shape index (κ2) is 6.15. The summed E-state index contributed by atoms with van der Waals surface area (Å²) in [5.41, 5.74) is 3.08. The van der Waals surface area contributed by atoms with Crippen LogP contribution in [0.1, 0.15) is 22.7 Å². The summed E-state index contributed by atoms with van der Waals surface area (Å²) < 4.78 is 27.8. The van der Waals surface area contributed by atoms with Crippen LogP contribution in [0.2, 0.25) is 0 Å². The summed E-state index contributed by atoms with van der Waals surface area (Å²) >= 11 is 0. The van der Waals surface area contributed by atoms with E-state index in [9.17, 15) is 18.5 Å². The smallest absolute Gasteiger partial charge is 0.289 e. The van der Waals surface area contributed by atoms with Crippen LogP contribution in [0.25, 0.3) is 0 Å². The van der Waals surface area contributed by atoms with E-state index < -0.39 is 14.9 Å². The van der Waals surface area contributed by atoms with E-state index in [4.69, 9.17) is 0 Å². The van der Waals surface area contributed by atoms with Gasteiger partial charge in [0.15, 0.2) is 4.90 Å². The number of nitrogens with zero attached hydrogens (tertiary/aromatic N) is 3. The van der Waals surface area contributed by atoms with Gasteiger partial charge in [-0.3, -0.25) is 15.0 Å². The molecule has 2 aliphatic rings. The monoisotopic (exact) mass is 373 g/mol. The van der Waals surface area contributed by atoms with Crippen LogP contribution in [0.4, 0.5) is 5.69 Å². The van der Waals surface area contributed by atoms with Gasteiger partial charge in [0, 0.05) is 31.7 Å². The maximum Gasteiger partial charge on any atom is 0.289 e. The van der Waals surface area contributed by atoms with Crippen LogP contribution in [0.5, 0.6) is 0 Å². The minimum absolute atomic E-state index is 0.0266. The zero-order chi connectivity index (χ0) is 18.5. The summed E-state index contributed by atoms with van der Waals surface area (Å²) in [6.07, 6.45) is 0.951. The summed E-state index contributed by atoms with van der Waals surface area (Å²) in [6, 6.07) is 11.5. The summed E-state index contributed by atoms with van der Waals surface area (Å²) in [5, 5.41) is 11.3. The van der Waals surface area contributed by atoms with Gasteiger partial charge < -0.3 is 0 Å². The van der Waals surface area contributed by atoms with Crippen molar-refractivity contribution in [3.05, 3.63) is 69.3 Å². The van der Waals surface area contributed by atoms with Crippen LogP contribution < -0.4 is 0 Å². The van der Waals surface area contributed by atoms with Crippen molar-refractivity contribution < 1.29 is 13.3 Å². The Morgan fingerprint density at radius 3 is 2.62 bits per heavy atom. The lowest BCUT2D eigenvalue weighted by Gasteiger charge is -2.42. The Bertz CT molecular complexity index is 990. The van der Waals surface area contributed by atoms with Gasteiger partial charge in [-0.25, -0.2) is 8.42 Å². The number of hydrogen-bond acceptors (Lipinski definition) is 5. The predicted octanol–water partition coefficient (Wildman–Crippen LogP) is 2.33. The van der Waals surface area contributed by atoms with Gasteiger partial charge in [0.2, 0.25) is 10.0 Å². The van der Waals surface area contributed by atoms with Gasteiger partial charge in [0.05, 0.1) is 4.92 Å². The highest BCUT2D eigenvalue weighted by atomic mass is 32.2. The fourth-order valence-corrected chi connectivity index (χ4v) is 5.53. The Morgan fingerprint density at radius 2 is 1.85 bits per heavy atom. The molecule has 0 amide bonds. The molecule has 0 aromatic heterocycles. The molecule has 2 aliphatic heterocycles. The van der Waals surface area contributed by atoms with Gasteiger partial charge in [-0.2, -0.15) is 4.31 Å². The molecule has 8 heteroatoms. The minimum Gasteiger partial charge on any atom is -0.298 e. The standard InChI is InChI=1S/C18H19N3O4S/c1-19-10-9-13-5-4-6-14-11-20(12-16(19)18(13)14)26(24,25)17-8-3-2-7-15(17)21(22)23/h2-8,16H,9-12H2,1H3. The molecule has 136 valence electrons. The van der Waals surface area contributed by atoms with Gasteiger partial charge >= 0.3 is 0 Å². The van der Waals surface area contributed by atoms with E-state index in [1.165, 1.54) is 39.7 Å². The van der Waals surface area contributed by atoms with Crippen molar-refractivity contribution in [3.63, 3.8) is 0 Å². The van der Waals surface area contributed by atoms with Crippen molar-refractivity contribution in [2.45, 2.75) is 23.9 Å². The molecule has 0 saturated heterocycles. The first-order valence-corrected chi connectivity index (χ1v) is 9.88. The topological polar surface area (TPSA) is 83.8 Å². The lowest BCUT2D eigenvalue weighted by atomic mass is 9.86. The molecule has 0 aliphatic carbocycles. The highest BCUT2D eigenvalue weighted by Crippen LogP contribution is 2.39. The first kappa shape index (κ1) is 17.1. The maximum absolute atomic E-state index is 13.2. The SMILES string of the molecule is CN1CCc2cccc3c2C1CN(S(=O)(=O)c1ccccc1[N+](=O)[O-])C3. The van der Waals surface area contributed by atoms with Crippen LogP contribution in [-0.2, 0) is 23.0 Å². The first-order chi connectivity index (χ1) is 12.4. The van der Waals surface area contributed by atoms with E-state index in [-0.39, 0.29) is 23.2 Å². The number of benzene rings is 2. The molecule has 0 spiro atoms. The maximum atomic E-state index is 13.2. The summed E-state index contributed by atoms with van der Waals surface area (Å²) in [4.78, 5) is 12.6. The minimum atomic E-state index is -3.97. The van der Waals surface area contributed by atoms with Crippen molar-refractivity contribution in [1.82, 2.24) is 9.21 Å². The fraction of sp³-hybridized carbons (Fsp3) is 0.333. The molecule has 4 rings (SSSR count). The Hall–Kier alpha value is -2.29. The Morgan fingerprint density at radius 1 is 1.12 bits per heavy atom. The molecule has 2 aromatic rings. The van der Waals surface area contributed by atoms with Crippen molar-refractivity contribution in [1.29, 1.82) is 0 Å². The lowest BCUT2D eigenvalue weighted by molar-refractivity contribution is -0.387. The Labute approximate surface area is 152 Å². The predicted molar refractivity (Wildman–Crippen MR) is 96.2 cm³/mol. The van der Waals surface area contributed by atoms with E-state index in [0.29, 0.717) is 6.54 Å². The molecule has 26 heavy (non-hydrogen) atoms. The van der Waals surface area contributed by atoms with Crippen LogP contribution in [0.15, 0.2) is 47.4 Å². The number of sulfonamides is 1. The second-order valence-electron chi connectivity index (χ2n) is 6.76. The number of likely N-dealkylation sites (N-methyl/N-ethyl adjacent to an activating group) is 1. The van der Waals surface area contributed by atoms with E-state index in [1.54, 1.807) is 0 Å². The third kappa shape index (κ3) is 2.61. The highest BCUT2D eigenvalue weighted by Gasteiger charge is 2.39. The van der Waals surface area contributed by atoms with Crippen molar-refractivity contribution in [3.8, 4) is 0 Å². The van der Waals surface area contributed by atoms with Gasteiger partial charge in [0.1, 0.15) is 0 Å². The molecule has 7 nitrogen and oxygen atoms in total. The van der Waals surface area contributed by atoms with Crippen LogP contribution >= 0.6 is 0 Å². The second-order valence-corrected chi connectivity index (χ2v) is 8.67. The van der Waals surface area contributed by atoms with Crippen molar-refractivity contribution in [2.24, 2.45) is 0 Å². The van der Waals surface area contributed by atoms with Gasteiger partial charge in [-0.15, -0.1) is 0 Å². The van der Waals surface area contributed by atoms with Crippen LogP contribution in [0, 0.1) is 10.1 Å². The zero-order valence-corrected chi connectivity index (χ0v) is 15.1. The summed E-state index contributed by atoms with van der Waals surface area (Å²) in [5.74, 6) is 0. The Kier molecular flexibility index (Phi) is 4.06. The number of hydrogen-bond donors (Lipinski definition) is 0. The van der Waals surface area contributed by atoms with E-state index in [0.717, 1.165) is 18.5 Å². The first-order valence-electron chi connectivity index (χ1n) is 8.44. The lowest BCUT2D eigenvalue weighted by Crippen LogP contribution is -2.46. The molecule has 0 radical (unpaired) electrons. The highest BCUT2D eigenvalue weighted by molar-refractivity contribution is 7.89. The molecule has 2 aromatic carbocycles. The number of nitro groups is 1.